The highest BCUT2D eigenvalue weighted by Gasteiger charge is 2.38. The van der Waals surface area contributed by atoms with Gasteiger partial charge in [0.1, 0.15) is 11.2 Å². The van der Waals surface area contributed by atoms with Crippen molar-refractivity contribution in [3.63, 3.8) is 0 Å². The molecule has 0 bridgehead atoms. The number of aliphatic imine (C=N–C) groups is 1. The summed E-state index contributed by atoms with van der Waals surface area (Å²) in [5.41, 5.74) is -0.896. The number of amidine groups is 1. The molecule has 7 heteroatoms. The lowest BCUT2D eigenvalue weighted by molar-refractivity contribution is -0.123. The van der Waals surface area contributed by atoms with Crippen molar-refractivity contribution in [3.8, 4) is 0 Å². The molecule has 0 fully saturated rings. The predicted molar refractivity (Wildman–Crippen MR) is 70.0 cm³/mol. The van der Waals surface area contributed by atoms with Gasteiger partial charge in [0.15, 0.2) is 12.1 Å². The van der Waals surface area contributed by atoms with Crippen LogP contribution in [0.1, 0.15) is 46.7 Å². The molecule has 2 rings (SSSR count). The standard InChI is InChI=1S/C13H13N3O4/c1-3-13(2)12(20)15-10(16-13)9-8(11(18)19)4-7(6-17)5-14-9/h4-6H,3H2,1-2H3,(H,18,19)(H,15,16,20). The Balaban J connectivity index is 2.54. The maximum Gasteiger partial charge on any atom is 0.338 e. The summed E-state index contributed by atoms with van der Waals surface area (Å²) in [6.07, 6.45) is 2.23. The average Bonchev–Trinajstić information content (AvgIpc) is 2.74. The first-order valence-electron chi connectivity index (χ1n) is 6.01. The van der Waals surface area contributed by atoms with Gasteiger partial charge in [0.2, 0.25) is 0 Å². The number of hydrogen-bond donors (Lipinski definition) is 2. The molecule has 1 amide bonds. The van der Waals surface area contributed by atoms with Crippen molar-refractivity contribution in [2.45, 2.75) is 25.8 Å². The maximum atomic E-state index is 11.9. The molecule has 1 aromatic rings. The Kier molecular flexibility index (Phi) is 3.35. The van der Waals surface area contributed by atoms with E-state index in [1.54, 1.807) is 6.92 Å². The van der Waals surface area contributed by atoms with Crippen LogP contribution in [0.25, 0.3) is 0 Å². The summed E-state index contributed by atoms with van der Waals surface area (Å²) in [6.45, 7) is 3.47. The lowest BCUT2D eigenvalue weighted by atomic mass is 10.0. The Morgan fingerprint density at radius 1 is 1.55 bits per heavy atom. The molecule has 0 spiro atoms. The van der Waals surface area contributed by atoms with Crippen LogP contribution in [0.15, 0.2) is 17.3 Å². The highest BCUT2D eigenvalue weighted by atomic mass is 16.4. The Hall–Kier alpha value is -2.57. The van der Waals surface area contributed by atoms with Gasteiger partial charge in [-0.15, -0.1) is 0 Å². The van der Waals surface area contributed by atoms with E-state index in [1.807, 2.05) is 6.92 Å². The zero-order valence-electron chi connectivity index (χ0n) is 11.0. The van der Waals surface area contributed by atoms with Gasteiger partial charge in [-0.25, -0.2) is 9.79 Å². The number of carboxylic acids is 1. The van der Waals surface area contributed by atoms with Gasteiger partial charge in [0.05, 0.1) is 5.56 Å². The molecule has 0 aromatic carbocycles. The lowest BCUT2D eigenvalue weighted by Crippen LogP contribution is -2.37. The molecule has 20 heavy (non-hydrogen) atoms. The molecule has 1 atom stereocenters. The number of aromatic carboxylic acids is 1. The van der Waals surface area contributed by atoms with Crippen molar-refractivity contribution in [2.75, 3.05) is 0 Å². The zero-order valence-corrected chi connectivity index (χ0v) is 11.0. The second-order valence-corrected chi connectivity index (χ2v) is 4.63. The monoisotopic (exact) mass is 275 g/mol. The molecule has 0 saturated carbocycles. The first kappa shape index (κ1) is 13.9. The van der Waals surface area contributed by atoms with Crippen LogP contribution in [0.3, 0.4) is 0 Å². The molecule has 0 radical (unpaired) electrons. The molecule has 104 valence electrons. The quantitative estimate of drug-likeness (QED) is 0.784. The largest absolute Gasteiger partial charge is 0.478 e. The molecule has 2 N–H and O–H groups in total. The molecule has 0 saturated heterocycles. The highest BCUT2D eigenvalue weighted by molar-refractivity contribution is 6.17. The number of rotatable bonds is 4. The van der Waals surface area contributed by atoms with E-state index in [2.05, 4.69) is 15.3 Å². The van der Waals surface area contributed by atoms with Gasteiger partial charge < -0.3 is 10.4 Å². The topological polar surface area (TPSA) is 109 Å². The van der Waals surface area contributed by atoms with Gasteiger partial charge >= 0.3 is 5.97 Å². The van der Waals surface area contributed by atoms with E-state index in [9.17, 15) is 19.5 Å². The summed E-state index contributed by atoms with van der Waals surface area (Å²) in [4.78, 5) is 41.9. The van der Waals surface area contributed by atoms with Crippen molar-refractivity contribution < 1.29 is 19.5 Å². The zero-order chi connectivity index (χ0) is 14.9. The first-order chi connectivity index (χ1) is 9.41. The first-order valence-corrected chi connectivity index (χ1v) is 6.01. The fourth-order valence-electron chi connectivity index (χ4n) is 1.82. The summed E-state index contributed by atoms with van der Waals surface area (Å²) in [5, 5.41) is 11.7. The molecular formula is C13H13N3O4. The van der Waals surface area contributed by atoms with Gasteiger partial charge in [-0.05, 0) is 19.4 Å². The average molecular weight is 275 g/mol. The number of carbonyl (C=O) groups is 3. The number of pyridine rings is 1. The van der Waals surface area contributed by atoms with Crippen molar-refractivity contribution in [2.24, 2.45) is 4.99 Å². The summed E-state index contributed by atoms with van der Waals surface area (Å²) in [7, 11) is 0. The van der Waals surface area contributed by atoms with E-state index in [4.69, 9.17) is 0 Å². The number of carboxylic acid groups (broad SMARTS) is 1. The molecular weight excluding hydrogens is 262 g/mol. The van der Waals surface area contributed by atoms with E-state index in [0.717, 1.165) is 0 Å². The minimum Gasteiger partial charge on any atom is -0.478 e. The number of carbonyl (C=O) groups excluding carboxylic acids is 2. The summed E-state index contributed by atoms with van der Waals surface area (Å²) in [6, 6.07) is 1.20. The molecule has 1 aromatic heterocycles. The molecule has 1 aliphatic heterocycles. The van der Waals surface area contributed by atoms with Crippen LogP contribution in [0, 0.1) is 0 Å². The molecule has 1 aliphatic rings. The van der Waals surface area contributed by atoms with E-state index < -0.39 is 11.5 Å². The van der Waals surface area contributed by atoms with Crippen molar-refractivity contribution in [1.82, 2.24) is 10.3 Å². The SMILES string of the molecule is CCC1(C)N=C(c2ncc(C=O)cc2C(=O)O)NC1=O. The van der Waals surface area contributed by atoms with Crippen molar-refractivity contribution in [1.29, 1.82) is 0 Å². The van der Waals surface area contributed by atoms with E-state index in [0.29, 0.717) is 12.7 Å². The lowest BCUT2D eigenvalue weighted by Gasteiger charge is -2.13. The number of aldehydes is 1. The van der Waals surface area contributed by atoms with Crippen molar-refractivity contribution >= 4 is 24.0 Å². The molecule has 1 unspecified atom stereocenters. The number of amides is 1. The van der Waals surface area contributed by atoms with Crippen LogP contribution >= 0.6 is 0 Å². The van der Waals surface area contributed by atoms with Gasteiger partial charge in [-0.2, -0.15) is 0 Å². The number of nitrogens with one attached hydrogen (secondary N) is 1. The fraction of sp³-hybridized carbons (Fsp3) is 0.308. The minimum atomic E-state index is -1.24. The Labute approximate surface area is 114 Å². The van der Waals surface area contributed by atoms with Crippen LogP contribution in [-0.4, -0.2) is 39.6 Å². The highest BCUT2D eigenvalue weighted by Crippen LogP contribution is 2.22. The van der Waals surface area contributed by atoms with Crippen LogP contribution in [0.2, 0.25) is 0 Å². The van der Waals surface area contributed by atoms with E-state index >= 15 is 0 Å². The van der Waals surface area contributed by atoms with Crippen LogP contribution in [0.5, 0.6) is 0 Å². The van der Waals surface area contributed by atoms with Crippen LogP contribution in [0.4, 0.5) is 0 Å². The van der Waals surface area contributed by atoms with Gasteiger partial charge in [-0.1, -0.05) is 6.92 Å². The van der Waals surface area contributed by atoms with Gasteiger partial charge in [0.25, 0.3) is 5.91 Å². The normalized spacial score (nSPS) is 21.3. The Bertz CT molecular complexity index is 639. The minimum absolute atomic E-state index is 0.0497. The molecule has 7 nitrogen and oxygen atoms in total. The third kappa shape index (κ3) is 2.18. The van der Waals surface area contributed by atoms with Crippen molar-refractivity contribution in [3.05, 3.63) is 29.1 Å². The van der Waals surface area contributed by atoms with E-state index in [-0.39, 0.29) is 28.6 Å². The number of nitrogens with zero attached hydrogens (tertiary/aromatic N) is 2. The van der Waals surface area contributed by atoms with Crippen LogP contribution in [-0.2, 0) is 4.79 Å². The molecule has 2 heterocycles. The summed E-state index contributed by atoms with van der Waals surface area (Å²) in [5.74, 6) is -1.42. The third-order valence-corrected chi connectivity index (χ3v) is 3.27. The van der Waals surface area contributed by atoms with E-state index in [1.165, 1.54) is 12.3 Å². The predicted octanol–water partition coefficient (Wildman–Crippen LogP) is 0.637. The Morgan fingerprint density at radius 2 is 2.25 bits per heavy atom. The summed E-state index contributed by atoms with van der Waals surface area (Å²) >= 11 is 0. The number of hydrogen-bond acceptors (Lipinski definition) is 5. The second kappa shape index (κ2) is 4.84. The smallest absolute Gasteiger partial charge is 0.338 e. The van der Waals surface area contributed by atoms with Crippen LogP contribution < -0.4 is 5.32 Å². The van der Waals surface area contributed by atoms with Gasteiger partial charge in [-0.3, -0.25) is 14.6 Å². The fourth-order valence-corrected chi connectivity index (χ4v) is 1.82. The summed E-state index contributed by atoms with van der Waals surface area (Å²) < 4.78 is 0. The molecule has 0 aliphatic carbocycles. The Morgan fingerprint density at radius 3 is 2.75 bits per heavy atom. The third-order valence-electron chi connectivity index (χ3n) is 3.27. The van der Waals surface area contributed by atoms with Gasteiger partial charge in [0, 0.05) is 11.8 Å². The maximum absolute atomic E-state index is 11.9. The number of aromatic nitrogens is 1. The second-order valence-electron chi connectivity index (χ2n) is 4.63.